The molecule has 0 bridgehead atoms. The van der Waals surface area contributed by atoms with Crippen molar-refractivity contribution in [3.63, 3.8) is 0 Å². The van der Waals surface area contributed by atoms with Crippen LogP contribution in [0.25, 0.3) is 0 Å². The van der Waals surface area contributed by atoms with Crippen molar-refractivity contribution in [1.82, 2.24) is 5.32 Å². The molecule has 1 aliphatic rings. The van der Waals surface area contributed by atoms with Crippen LogP contribution in [-0.4, -0.2) is 33.8 Å². The predicted molar refractivity (Wildman–Crippen MR) is 71.4 cm³/mol. The van der Waals surface area contributed by atoms with Crippen molar-refractivity contribution in [1.29, 1.82) is 0 Å². The lowest BCUT2D eigenvalue weighted by molar-refractivity contribution is -0.384. The summed E-state index contributed by atoms with van der Waals surface area (Å²) < 4.78 is 0. The Morgan fingerprint density at radius 1 is 1.47 bits per heavy atom. The average molecular weight is 282 g/mol. The summed E-state index contributed by atoms with van der Waals surface area (Å²) in [6, 6.07) is 5.88. The molecule has 102 valence electrons. The van der Waals surface area contributed by atoms with Gasteiger partial charge in [0.15, 0.2) is 0 Å². The zero-order valence-electron chi connectivity index (χ0n) is 10.1. The number of hydrogen-bond acceptors (Lipinski definition) is 5. The third-order valence-corrected chi connectivity index (χ3v) is 3.88. The van der Waals surface area contributed by atoms with Crippen LogP contribution in [-0.2, 0) is 4.79 Å². The fourth-order valence-corrected chi connectivity index (χ4v) is 2.50. The van der Waals surface area contributed by atoms with Gasteiger partial charge in [-0.2, -0.15) is 0 Å². The number of nitro benzene ring substituents is 1. The number of carboxylic acid groups (broad SMARTS) is 1. The number of rotatable bonds is 7. The quantitative estimate of drug-likeness (QED) is 0.451. The maximum absolute atomic E-state index is 11.1. The predicted octanol–water partition coefficient (Wildman–Crippen LogP) is 1.89. The molecule has 7 heteroatoms. The van der Waals surface area contributed by atoms with E-state index in [0.29, 0.717) is 11.8 Å². The summed E-state index contributed by atoms with van der Waals surface area (Å²) in [5.74, 6) is -0.454. The second kappa shape index (κ2) is 6.03. The van der Waals surface area contributed by atoms with Gasteiger partial charge < -0.3 is 10.4 Å². The van der Waals surface area contributed by atoms with Crippen LogP contribution >= 0.6 is 11.8 Å². The monoisotopic (exact) mass is 282 g/mol. The van der Waals surface area contributed by atoms with Crippen molar-refractivity contribution in [2.45, 2.75) is 29.8 Å². The number of nitro groups is 1. The molecule has 2 rings (SSSR count). The molecule has 0 saturated heterocycles. The van der Waals surface area contributed by atoms with Gasteiger partial charge in [0.05, 0.1) is 4.92 Å². The van der Waals surface area contributed by atoms with Crippen molar-refractivity contribution in [3.05, 3.63) is 34.4 Å². The maximum atomic E-state index is 11.1. The Balaban J connectivity index is 1.88. The molecule has 1 aliphatic carbocycles. The van der Waals surface area contributed by atoms with E-state index in [1.54, 1.807) is 12.1 Å². The number of nitrogens with zero attached hydrogens (tertiary/aromatic N) is 1. The maximum Gasteiger partial charge on any atom is 0.321 e. The number of aliphatic carboxylic acids is 1. The first kappa shape index (κ1) is 13.8. The highest BCUT2D eigenvalue weighted by Crippen LogP contribution is 2.24. The van der Waals surface area contributed by atoms with Gasteiger partial charge in [-0.1, -0.05) is 0 Å². The van der Waals surface area contributed by atoms with E-state index in [0.717, 1.165) is 17.7 Å². The summed E-state index contributed by atoms with van der Waals surface area (Å²) in [7, 11) is 0. The Morgan fingerprint density at radius 2 is 2.11 bits per heavy atom. The summed E-state index contributed by atoms with van der Waals surface area (Å²) in [5.41, 5.74) is 0.0373. The SMILES string of the molecule is O=C(O)C(CSc1ccc([N+](=O)[O-])cc1)NC1CC1. The smallest absolute Gasteiger partial charge is 0.321 e. The molecule has 1 fully saturated rings. The summed E-state index contributed by atoms with van der Waals surface area (Å²) >= 11 is 1.38. The first-order chi connectivity index (χ1) is 9.06. The van der Waals surface area contributed by atoms with E-state index in [1.807, 2.05) is 0 Å². The number of non-ortho nitro benzene ring substituents is 1. The number of benzene rings is 1. The number of nitrogens with one attached hydrogen (secondary N) is 1. The molecule has 0 amide bonds. The number of thioether (sulfide) groups is 1. The first-order valence-electron chi connectivity index (χ1n) is 5.92. The molecule has 1 unspecified atom stereocenters. The molecular weight excluding hydrogens is 268 g/mol. The fourth-order valence-electron chi connectivity index (χ4n) is 1.57. The molecule has 1 aromatic carbocycles. The number of carboxylic acids is 1. The number of carbonyl (C=O) groups is 1. The van der Waals surface area contributed by atoms with Crippen LogP contribution in [0.4, 0.5) is 5.69 Å². The van der Waals surface area contributed by atoms with E-state index in [9.17, 15) is 14.9 Å². The molecular formula is C12H14N2O4S. The van der Waals surface area contributed by atoms with Crippen molar-refractivity contribution < 1.29 is 14.8 Å². The lowest BCUT2D eigenvalue weighted by Gasteiger charge is -2.13. The molecule has 0 heterocycles. The largest absolute Gasteiger partial charge is 0.480 e. The summed E-state index contributed by atoms with van der Waals surface area (Å²) in [4.78, 5) is 21.9. The molecule has 0 aliphatic heterocycles. The lowest BCUT2D eigenvalue weighted by atomic mass is 10.3. The van der Waals surface area contributed by atoms with Gasteiger partial charge in [0.1, 0.15) is 6.04 Å². The highest BCUT2D eigenvalue weighted by atomic mass is 32.2. The average Bonchev–Trinajstić information content (AvgIpc) is 3.18. The van der Waals surface area contributed by atoms with Crippen molar-refractivity contribution >= 4 is 23.4 Å². The molecule has 0 spiro atoms. The van der Waals surface area contributed by atoms with Crippen molar-refractivity contribution in [2.75, 3.05) is 5.75 Å². The molecule has 0 aromatic heterocycles. The van der Waals surface area contributed by atoms with E-state index in [4.69, 9.17) is 5.11 Å². The normalized spacial score (nSPS) is 16.0. The second-order valence-electron chi connectivity index (χ2n) is 4.39. The fraction of sp³-hybridized carbons (Fsp3) is 0.417. The molecule has 19 heavy (non-hydrogen) atoms. The third kappa shape index (κ3) is 4.22. The Kier molecular flexibility index (Phi) is 4.39. The van der Waals surface area contributed by atoms with Crippen LogP contribution in [0.3, 0.4) is 0 Å². The van der Waals surface area contributed by atoms with Crippen LogP contribution in [0, 0.1) is 10.1 Å². The standard InChI is InChI=1S/C12H14N2O4S/c15-12(16)11(13-8-1-2-8)7-19-10-5-3-9(4-6-10)14(17)18/h3-6,8,11,13H,1-2,7H2,(H,15,16). The van der Waals surface area contributed by atoms with Crippen LogP contribution in [0.2, 0.25) is 0 Å². The van der Waals surface area contributed by atoms with Gasteiger partial charge in [-0.05, 0) is 25.0 Å². The molecule has 1 saturated carbocycles. The van der Waals surface area contributed by atoms with Gasteiger partial charge in [-0.3, -0.25) is 14.9 Å². The van der Waals surface area contributed by atoms with Crippen molar-refractivity contribution in [2.24, 2.45) is 0 Å². The zero-order valence-corrected chi connectivity index (χ0v) is 10.9. The van der Waals surface area contributed by atoms with E-state index < -0.39 is 16.9 Å². The third-order valence-electron chi connectivity index (χ3n) is 2.78. The highest BCUT2D eigenvalue weighted by Gasteiger charge is 2.28. The summed E-state index contributed by atoms with van der Waals surface area (Å²) in [5, 5.41) is 22.6. The van der Waals surface area contributed by atoms with Crippen LogP contribution in [0.15, 0.2) is 29.2 Å². The minimum absolute atomic E-state index is 0.0373. The second-order valence-corrected chi connectivity index (χ2v) is 5.49. The van der Waals surface area contributed by atoms with Gasteiger partial charge in [0.25, 0.3) is 5.69 Å². The summed E-state index contributed by atoms with van der Waals surface area (Å²) in [6.45, 7) is 0. The topological polar surface area (TPSA) is 92.5 Å². The first-order valence-corrected chi connectivity index (χ1v) is 6.91. The van der Waals surface area contributed by atoms with Crippen LogP contribution < -0.4 is 5.32 Å². The van der Waals surface area contributed by atoms with E-state index in [1.165, 1.54) is 23.9 Å². The number of hydrogen-bond donors (Lipinski definition) is 2. The molecule has 2 N–H and O–H groups in total. The summed E-state index contributed by atoms with van der Waals surface area (Å²) in [6.07, 6.45) is 2.07. The van der Waals surface area contributed by atoms with E-state index in [-0.39, 0.29) is 5.69 Å². The lowest BCUT2D eigenvalue weighted by Crippen LogP contribution is -2.40. The van der Waals surface area contributed by atoms with Crippen LogP contribution in [0.1, 0.15) is 12.8 Å². The van der Waals surface area contributed by atoms with Gasteiger partial charge in [-0.25, -0.2) is 0 Å². The Bertz CT molecular complexity index is 473. The molecule has 0 radical (unpaired) electrons. The Hall–Kier alpha value is -1.60. The minimum atomic E-state index is -0.860. The van der Waals surface area contributed by atoms with Gasteiger partial charge >= 0.3 is 5.97 Å². The van der Waals surface area contributed by atoms with Gasteiger partial charge in [0.2, 0.25) is 0 Å². The Labute approximate surface area is 114 Å². The Morgan fingerprint density at radius 3 is 2.58 bits per heavy atom. The van der Waals surface area contributed by atoms with E-state index >= 15 is 0 Å². The minimum Gasteiger partial charge on any atom is -0.480 e. The molecule has 1 aromatic rings. The molecule has 1 atom stereocenters. The highest BCUT2D eigenvalue weighted by molar-refractivity contribution is 7.99. The van der Waals surface area contributed by atoms with Crippen LogP contribution in [0.5, 0.6) is 0 Å². The van der Waals surface area contributed by atoms with Gasteiger partial charge in [-0.15, -0.1) is 11.8 Å². The van der Waals surface area contributed by atoms with E-state index in [2.05, 4.69) is 5.32 Å². The van der Waals surface area contributed by atoms with Crippen molar-refractivity contribution in [3.8, 4) is 0 Å². The molecule has 6 nitrogen and oxygen atoms in total. The zero-order chi connectivity index (χ0) is 13.8. The van der Waals surface area contributed by atoms with Gasteiger partial charge in [0, 0.05) is 28.8 Å².